The molecule has 4 fully saturated rings. The van der Waals surface area contributed by atoms with Crippen LogP contribution >= 0.6 is 0 Å². The molecule has 0 aromatic carbocycles. The minimum atomic E-state index is -2.17. The number of esters is 11. The van der Waals surface area contributed by atoms with Gasteiger partial charge in [0.2, 0.25) is 0 Å². The maximum Gasteiger partial charge on any atom is 0.306 e. The zero-order valence-corrected chi connectivity index (χ0v) is 59.2. The summed E-state index contributed by atoms with van der Waals surface area (Å²) in [7, 11) is 0. The van der Waals surface area contributed by atoms with Crippen molar-refractivity contribution in [1.29, 1.82) is 0 Å². The van der Waals surface area contributed by atoms with Gasteiger partial charge in [-0.3, -0.25) is 52.7 Å². The number of hydrogen-bond donors (Lipinski definition) is 0. The number of Topliss-reactive ketones (excluding diaryl/α,β-unsaturated/α-hetero) is 1. The molecule has 4 saturated heterocycles. The van der Waals surface area contributed by atoms with Gasteiger partial charge in [-0.2, -0.15) is 0 Å². The molecule has 31 heteroatoms. The van der Waals surface area contributed by atoms with Gasteiger partial charge in [0.15, 0.2) is 98.4 Å². The highest BCUT2D eigenvalue weighted by Crippen LogP contribution is 2.40. The summed E-state index contributed by atoms with van der Waals surface area (Å²) >= 11 is 0. The van der Waals surface area contributed by atoms with E-state index in [0.29, 0.717) is 38.5 Å². The first-order valence-electron chi connectivity index (χ1n) is 33.9. The quantitative estimate of drug-likeness (QED) is 0.0374. The van der Waals surface area contributed by atoms with Crippen molar-refractivity contribution in [2.45, 2.75) is 342 Å². The number of unbranched alkanes of at least 4 members (excludes halogenated alkanes) is 10. The molecule has 4 heterocycles. The first-order chi connectivity index (χ1) is 46.3. The van der Waals surface area contributed by atoms with Crippen LogP contribution in [0.15, 0.2) is 0 Å². The molecule has 0 aliphatic carbocycles. The average molecular weight is 1410 g/mol. The molecule has 0 spiro atoms. The number of carbonyl (C=O) groups is 12. The van der Waals surface area contributed by atoms with Gasteiger partial charge in [0.1, 0.15) is 24.6 Å². The predicted molar refractivity (Wildman–Crippen MR) is 334 cm³/mol. The van der Waals surface area contributed by atoms with Crippen LogP contribution in [0.25, 0.3) is 0 Å². The predicted octanol–water partition coefficient (Wildman–Crippen LogP) is 6.22. The van der Waals surface area contributed by atoms with Gasteiger partial charge in [-0.15, -0.1) is 0 Å². The molecule has 0 radical (unpaired) electrons. The van der Waals surface area contributed by atoms with Crippen LogP contribution in [-0.2, 0) is 148 Å². The van der Waals surface area contributed by atoms with Crippen LogP contribution in [0.5, 0.6) is 0 Å². The molecule has 0 bridgehead atoms. The molecule has 0 N–H and O–H groups in total. The summed E-state index contributed by atoms with van der Waals surface area (Å²) in [6, 6.07) is 0. The van der Waals surface area contributed by atoms with E-state index >= 15 is 0 Å². The Morgan fingerprint density at radius 3 is 1.10 bits per heavy atom. The van der Waals surface area contributed by atoms with Gasteiger partial charge < -0.3 is 94.8 Å². The highest BCUT2D eigenvalue weighted by Gasteiger charge is 2.61. The molecule has 0 amide bonds. The maximum absolute atomic E-state index is 14.3. The van der Waals surface area contributed by atoms with E-state index in [2.05, 4.69) is 6.92 Å². The third-order valence-electron chi connectivity index (χ3n) is 16.0. The first-order valence-corrected chi connectivity index (χ1v) is 33.9. The van der Waals surface area contributed by atoms with E-state index in [4.69, 9.17) is 90.0 Å². The minimum Gasteiger partial charge on any atom is -0.463 e. The Morgan fingerprint density at radius 2 is 0.663 bits per heavy atom. The average Bonchev–Trinajstić information content (AvgIpc) is 0.764. The number of ketones is 1. The first kappa shape index (κ1) is 83.9. The SMILES string of the molecule is CCCCCCCCC[C@H](CCCCCCCC(C)=O)O[C@@H]1O[C@H](COC(C)=O)[C@@H](OC(C)=O)[C@H](OC(C)=O)[C@H]1O[C@@H]1O[C@H](CO[C@@H]2O[C@H](C)[C@H](OC(C)=O)[C@H](OC(C)=O)[C@@H]2OC(C)=O)[C@@H](OC(C)=O)[C@H](OC(=O)CCC)[C@H]1O[C@@H]1O[C@@H](C)[C@H](OC(C)=O)[C@@H](OC(C)=O)[C@@H]1OC(C)=O. The van der Waals surface area contributed by atoms with Crippen LogP contribution in [0, 0.1) is 0 Å². The van der Waals surface area contributed by atoms with Crippen molar-refractivity contribution in [3.05, 3.63) is 0 Å². The molecule has 98 heavy (non-hydrogen) atoms. The lowest BCUT2D eigenvalue weighted by Crippen LogP contribution is -2.69. The van der Waals surface area contributed by atoms with Crippen molar-refractivity contribution < 1.29 is 148 Å². The topological polar surface area (TPSA) is 380 Å². The molecule has 31 nitrogen and oxygen atoms in total. The van der Waals surface area contributed by atoms with Crippen LogP contribution in [0.3, 0.4) is 0 Å². The molecule has 0 aromatic rings. The standard InChI is InChI=1S/C67H104O31/c1-16-18-19-20-21-24-27-31-48(32-28-25-22-23-26-30-35(3)68)93-66-62(58(90-45(13)76)54(86-41(9)72)49(94-66)33-80-38(6)69)98-67-63(97-65-61(92-47(15)78)57(89-44(12)75)53(37(5)83-65)85-40(8)71)59(96-51(79)29-17-2)55(87-42(10)73)50(95-67)34-81-64-60(91-46(14)77)56(88-43(11)74)52(36(4)82-64)84-39(7)70/h36-37,48-50,52-67H,16-34H2,1-15H3/t36-,37+,48-,49-,50-,52+,53+,54-,55-,56+,57-,58+,59+,60+,61+,62-,63-,64-,65+,66-,67+/m1/s1. The Morgan fingerprint density at radius 1 is 0.316 bits per heavy atom. The zero-order chi connectivity index (χ0) is 72.9. The van der Waals surface area contributed by atoms with Gasteiger partial charge >= 0.3 is 65.7 Å². The molecule has 558 valence electrons. The van der Waals surface area contributed by atoms with Crippen LogP contribution in [0.4, 0.5) is 0 Å². The van der Waals surface area contributed by atoms with E-state index in [9.17, 15) is 57.5 Å². The van der Waals surface area contributed by atoms with Gasteiger partial charge in [-0.25, -0.2) is 0 Å². The van der Waals surface area contributed by atoms with Gasteiger partial charge in [-0.1, -0.05) is 84.5 Å². The number of ether oxygens (including phenoxy) is 19. The number of carbonyl (C=O) groups excluding carboxylic acids is 12. The third kappa shape index (κ3) is 28.3. The van der Waals surface area contributed by atoms with Crippen molar-refractivity contribution >= 4 is 71.4 Å². The summed E-state index contributed by atoms with van der Waals surface area (Å²) in [5, 5.41) is 0. The highest BCUT2D eigenvalue weighted by molar-refractivity contribution is 5.75. The summed E-state index contributed by atoms with van der Waals surface area (Å²) in [6.45, 7) is 17.2. The molecule has 0 aromatic heterocycles. The van der Waals surface area contributed by atoms with E-state index in [1.165, 1.54) is 20.8 Å². The van der Waals surface area contributed by atoms with Gasteiger partial charge in [-0.05, 0) is 46.5 Å². The lowest BCUT2D eigenvalue weighted by atomic mass is 9.95. The van der Waals surface area contributed by atoms with Crippen molar-refractivity contribution in [2.24, 2.45) is 0 Å². The Kier molecular flexibility index (Phi) is 36.5. The molecular weight excluding hydrogens is 1300 g/mol. The van der Waals surface area contributed by atoms with Gasteiger partial charge in [0.25, 0.3) is 0 Å². The van der Waals surface area contributed by atoms with Gasteiger partial charge in [0, 0.05) is 82.1 Å². The smallest absolute Gasteiger partial charge is 0.306 e. The van der Waals surface area contributed by atoms with E-state index < -0.39 is 208 Å². The summed E-state index contributed by atoms with van der Waals surface area (Å²) in [5.74, 6) is -10.0. The molecule has 0 saturated carbocycles. The lowest BCUT2D eigenvalue weighted by molar-refractivity contribution is -0.397. The van der Waals surface area contributed by atoms with E-state index in [1.807, 2.05) is 0 Å². The lowest BCUT2D eigenvalue weighted by Gasteiger charge is -2.51. The van der Waals surface area contributed by atoms with Crippen molar-refractivity contribution in [1.82, 2.24) is 0 Å². The number of hydrogen-bond acceptors (Lipinski definition) is 31. The van der Waals surface area contributed by atoms with Crippen LogP contribution < -0.4 is 0 Å². The maximum atomic E-state index is 14.3. The van der Waals surface area contributed by atoms with Crippen molar-refractivity contribution in [3.8, 4) is 0 Å². The summed E-state index contributed by atoms with van der Waals surface area (Å²) < 4.78 is 117. The molecule has 0 unspecified atom stereocenters. The van der Waals surface area contributed by atoms with Crippen molar-refractivity contribution in [3.63, 3.8) is 0 Å². The Hall–Kier alpha value is -6.48. The second-order valence-corrected chi connectivity index (χ2v) is 24.9. The fraction of sp³-hybridized carbons (Fsp3) is 0.821. The van der Waals surface area contributed by atoms with Crippen molar-refractivity contribution in [2.75, 3.05) is 13.2 Å². The second-order valence-electron chi connectivity index (χ2n) is 24.9. The summed E-state index contributed by atoms with van der Waals surface area (Å²) in [4.78, 5) is 156. The molecule has 4 aliphatic rings. The van der Waals surface area contributed by atoms with E-state index in [0.717, 1.165) is 127 Å². The zero-order valence-electron chi connectivity index (χ0n) is 59.2. The minimum absolute atomic E-state index is 0.0843. The normalized spacial score (nSPS) is 30.2. The van der Waals surface area contributed by atoms with Crippen LogP contribution in [0.1, 0.15) is 213 Å². The Balaban J connectivity index is 2.10. The molecule has 21 atom stereocenters. The fourth-order valence-corrected chi connectivity index (χ4v) is 12.0. The third-order valence-corrected chi connectivity index (χ3v) is 16.0. The second kappa shape index (κ2) is 42.6. The van der Waals surface area contributed by atoms with Crippen LogP contribution in [0.2, 0.25) is 0 Å². The molecule has 4 aliphatic heterocycles. The highest BCUT2D eigenvalue weighted by atomic mass is 16.8. The van der Waals surface area contributed by atoms with E-state index in [1.54, 1.807) is 6.92 Å². The monoisotopic (exact) mass is 1400 g/mol. The van der Waals surface area contributed by atoms with Gasteiger partial charge in [0.05, 0.1) is 24.9 Å². The largest absolute Gasteiger partial charge is 0.463 e. The summed E-state index contributed by atoms with van der Waals surface area (Å²) in [6.07, 6.45) is -23.6. The van der Waals surface area contributed by atoms with E-state index in [-0.39, 0.29) is 18.6 Å². The Labute approximate surface area is 572 Å². The fourth-order valence-electron chi connectivity index (χ4n) is 12.0. The molecular formula is C67H104O31. The van der Waals surface area contributed by atoms with Crippen LogP contribution in [-0.4, -0.2) is 214 Å². The Bertz CT molecular complexity index is 2610. The molecule has 4 rings (SSSR count). The summed E-state index contributed by atoms with van der Waals surface area (Å²) in [5.41, 5.74) is 0. The number of rotatable bonds is 39.